The zero-order valence-electron chi connectivity index (χ0n) is 12.5. The Labute approximate surface area is 126 Å². The van der Waals surface area contributed by atoms with Gasteiger partial charge in [-0.2, -0.15) is 0 Å². The molecule has 114 valence electrons. The number of aliphatic hydroxyl groups is 2. The van der Waals surface area contributed by atoms with Crippen molar-refractivity contribution in [2.24, 2.45) is 5.92 Å². The van der Waals surface area contributed by atoms with E-state index in [-0.39, 0.29) is 13.2 Å². The van der Waals surface area contributed by atoms with Gasteiger partial charge < -0.3 is 14.9 Å². The van der Waals surface area contributed by atoms with Gasteiger partial charge in [-0.3, -0.25) is 4.90 Å². The van der Waals surface area contributed by atoms with Crippen LogP contribution in [0.15, 0.2) is 18.2 Å². The van der Waals surface area contributed by atoms with Crippen molar-refractivity contribution >= 4 is 0 Å². The molecule has 21 heavy (non-hydrogen) atoms. The minimum Gasteiger partial charge on any atom is -0.495 e. The number of aliphatic hydroxyl groups excluding tert-OH is 2. The second kappa shape index (κ2) is 8.04. The van der Waals surface area contributed by atoms with Gasteiger partial charge in [-0.15, -0.1) is 0 Å². The monoisotopic (exact) mass is 289 g/mol. The molecule has 4 heteroatoms. The number of rotatable bonds is 4. The number of nitrogens with zero attached hydrogens (tertiary/aromatic N) is 1. The SMILES string of the molecule is COc1ccc(CN2CCCC(CO)C2)cc1C#CCO. The van der Waals surface area contributed by atoms with E-state index < -0.39 is 0 Å². The lowest BCUT2D eigenvalue weighted by atomic mass is 9.98. The number of benzene rings is 1. The van der Waals surface area contributed by atoms with E-state index in [9.17, 15) is 5.11 Å². The summed E-state index contributed by atoms with van der Waals surface area (Å²) in [4.78, 5) is 2.37. The van der Waals surface area contributed by atoms with Crippen LogP contribution in [0.1, 0.15) is 24.0 Å². The maximum absolute atomic E-state index is 9.30. The van der Waals surface area contributed by atoms with E-state index in [0.717, 1.165) is 43.8 Å². The van der Waals surface area contributed by atoms with Gasteiger partial charge in [0.1, 0.15) is 12.4 Å². The summed E-state index contributed by atoms with van der Waals surface area (Å²) in [7, 11) is 1.62. The Morgan fingerprint density at radius 1 is 1.38 bits per heavy atom. The standard InChI is InChI=1S/C17H23NO3/c1-21-17-7-6-14(10-16(17)5-3-9-19)11-18-8-2-4-15(12-18)13-20/h6-7,10,15,19-20H,2,4,8-9,11-13H2,1H3. The van der Waals surface area contributed by atoms with Crippen molar-refractivity contribution in [1.82, 2.24) is 4.90 Å². The predicted octanol–water partition coefficient (Wildman–Crippen LogP) is 1.24. The molecule has 0 spiro atoms. The zero-order chi connectivity index (χ0) is 15.1. The third kappa shape index (κ3) is 4.47. The highest BCUT2D eigenvalue weighted by Gasteiger charge is 2.19. The van der Waals surface area contributed by atoms with E-state index in [1.807, 2.05) is 18.2 Å². The van der Waals surface area contributed by atoms with Crippen LogP contribution >= 0.6 is 0 Å². The van der Waals surface area contributed by atoms with E-state index in [2.05, 4.69) is 16.7 Å². The molecule has 1 aliphatic rings. The van der Waals surface area contributed by atoms with E-state index >= 15 is 0 Å². The largest absolute Gasteiger partial charge is 0.495 e. The maximum atomic E-state index is 9.30. The predicted molar refractivity (Wildman–Crippen MR) is 82.0 cm³/mol. The van der Waals surface area contributed by atoms with Crippen molar-refractivity contribution in [1.29, 1.82) is 0 Å². The van der Waals surface area contributed by atoms with Crippen LogP contribution < -0.4 is 4.74 Å². The smallest absolute Gasteiger partial charge is 0.134 e. The molecule has 2 rings (SSSR count). The Morgan fingerprint density at radius 3 is 2.95 bits per heavy atom. The Bertz CT molecular complexity index is 519. The quantitative estimate of drug-likeness (QED) is 0.819. The summed E-state index contributed by atoms with van der Waals surface area (Å²) in [5.74, 6) is 6.72. The molecule has 1 fully saturated rings. The first kappa shape index (κ1) is 15.8. The van der Waals surface area contributed by atoms with Crippen LogP contribution in [0.25, 0.3) is 0 Å². The number of piperidine rings is 1. The van der Waals surface area contributed by atoms with Gasteiger partial charge in [-0.1, -0.05) is 17.9 Å². The topological polar surface area (TPSA) is 52.9 Å². The number of likely N-dealkylation sites (tertiary alicyclic amines) is 1. The van der Waals surface area contributed by atoms with Gasteiger partial charge >= 0.3 is 0 Å². The molecule has 1 aromatic carbocycles. The minimum absolute atomic E-state index is 0.155. The number of ether oxygens (including phenoxy) is 1. The van der Waals surface area contributed by atoms with Crippen molar-refractivity contribution in [2.75, 3.05) is 33.4 Å². The van der Waals surface area contributed by atoms with Gasteiger partial charge in [0.15, 0.2) is 0 Å². The number of methoxy groups -OCH3 is 1. The van der Waals surface area contributed by atoms with Gasteiger partial charge in [0.05, 0.1) is 12.7 Å². The van der Waals surface area contributed by atoms with Gasteiger partial charge in [-0.05, 0) is 43.0 Å². The lowest BCUT2D eigenvalue weighted by molar-refractivity contribution is 0.116. The van der Waals surface area contributed by atoms with E-state index in [1.165, 1.54) is 5.56 Å². The van der Waals surface area contributed by atoms with Crippen LogP contribution in [0, 0.1) is 17.8 Å². The van der Waals surface area contributed by atoms with Crippen molar-refractivity contribution in [3.63, 3.8) is 0 Å². The van der Waals surface area contributed by atoms with Crippen LogP contribution in [0.2, 0.25) is 0 Å². The van der Waals surface area contributed by atoms with Crippen LogP contribution in [0.4, 0.5) is 0 Å². The molecule has 1 saturated heterocycles. The van der Waals surface area contributed by atoms with Crippen LogP contribution in [0.5, 0.6) is 5.75 Å². The molecule has 4 nitrogen and oxygen atoms in total. The van der Waals surface area contributed by atoms with E-state index in [4.69, 9.17) is 9.84 Å². The molecule has 0 radical (unpaired) electrons. The Balaban J connectivity index is 2.09. The highest BCUT2D eigenvalue weighted by molar-refractivity contribution is 5.48. The molecular weight excluding hydrogens is 266 g/mol. The fourth-order valence-electron chi connectivity index (χ4n) is 2.79. The summed E-state index contributed by atoms with van der Waals surface area (Å²) >= 11 is 0. The fourth-order valence-corrected chi connectivity index (χ4v) is 2.79. The van der Waals surface area contributed by atoms with E-state index in [0.29, 0.717) is 5.92 Å². The molecule has 1 aromatic rings. The molecule has 1 unspecified atom stereocenters. The summed E-state index contributed by atoms with van der Waals surface area (Å²) in [6.45, 7) is 2.98. The Kier molecular flexibility index (Phi) is 6.06. The molecule has 1 atom stereocenters. The summed E-state index contributed by atoms with van der Waals surface area (Å²) in [5.41, 5.74) is 1.98. The minimum atomic E-state index is -0.155. The summed E-state index contributed by atoms with van der Waals surface area (Å²) in [6.07, 6.45) is 2.25. The molecule has 0 aromatic heterocycles. The maximum Gasteiger partial charge on any atom is 0.134 e. The second-order valence-corrected chi connectivity index (χ2v) is 5.42. The molecule has 1 aliphatic heterocycles. The Morgan fingerprint density at radius 2 is 2.24 bits per heavy atom. The van der Waals surface area contributed by atoms with Gasteiger partial charge in [0.25, 0.3) is 0 Å². The summed E-state index contributed by atoms with van der Waals surface area (Å²) in [5, 5.41) is 18.1. The highest BCUT2D eigenvalue weighted by Crippen LogP contribution is 2.22. The Hall–Kier alpha value is -1.54. The number of hydrogen-bond acceptors (Lipinski definition) is 4. The lowest BCUT2D eigenvalue weighted by Gasteiger charge is -2.31. The molecule has 0 amide bonds. The first-order valence-corrected chi connectivity index (χ1v) is 7.36. The molecule has 0 saturated carbocycles. The third-order valence-electron chi connectivity index (χ3n) is 3.83. The third-order valence-corrected chi connectivity index (χ3v) is 3.83. The number of hydrogen-bond donors (Lipinski definition) is 2. The first-order valence-electron chi connectivity index (χ1n) is 7.36. The average molecular weight is 289 g/mol. The van der Waals surface area contributed by atoms with Crippen molar-refractivity contribution < 1.29 is 14.9 Å². The normalized spacial score (nSPS) is 18.9. The van der Waals surface area contributed by atoms with Crippen LogP contribution in [-0.4, -0.2) is 48.5 Å². The first-order chi connectivity index (χ1) is 10.3. The van der Waals surface area contributed by atoms with Gasteiger partial charge in [-0.25, -0.2) is 0 Å². The molecule has 1 heterocycles. The molecule has 0 aliphatic carbocycles. The van der Waals surface area contributed by atoms with Crippen LogP contribution in [0.3, 0.4) is 0 Å². The summed E-state index contributed by atoms with van der Waals surface area (Å²) in [6, 6.07) is 5.99. The molecular formula is C17H23NO3. The van der Waals surface area contributed by atoms with Crippen molar-refractivity contribution in [3.8, 4) is 17.6 Å². The fraction of sp³-hybridized carbons (Fsp3) is 0.529. The second-order valence-electron chi connectivity index (χ2n) is 5.42. The van der Waals surface area contributed by atoms with Gasteiger partial charge in [0.2, 0.25) is 0 Å². The summed E-state index contributed by atoms with van der Waals surface area (Å²) < 4.78 is 5.29. The highest BCUT2D eigenvalue weighted by atomic mass is 16.5. The average Bonchev–Trinajstić information content (AvgIpc) is 2.53. The van der Waals surface area contributed by atoms with Crippen molar-refractivity contribution in [3.05, 3.63) is 29.3 Å². The van der Waals surface area contributed by atoms with Gasteiger partial charge in [0, 0.05) is 19.7 Å². The van der Waals surface area contributed by atoms with E-state index in [1.54, 1.807) is 7.11 Å². The zero-order valence-corrected chi connectivity index (χ0v) is 12.5. The molecule has 2 N–H and O–H groups in total. The molecule has 0 bridgehead atoms. The van der Waals surface area contributed by atoms with Crippen LogP contribution in [-0.2, 0) is 6.54 Å². The lowest BCUT2D eigenvalue weighted by Crippen LogP contribution is -2.36. The van der Waals surface area contributed by atoms with Crippen molar-refractivity contribution in [2.45, 2.75) is 19.4 Å².